The first kappa shape index (κ1) is 16.1. The van der Waals surface area contributed by atoms with E-state index in [9.17, 15) is 4.79 Å². The molecule has 0 fully saturated rings. The Balaban J connectivity index is 2.40. The van der Waals surface area contributed by atoms with Gasteiger partial charge in [0.25, 0.3) is 0 Å². The van der Waals surface area contributed by atoms with Crippen LogP contribution in [0.3, 0.4) is 0 Å². The van der Waals surface area contributed by atoms with Crippen molar-refractivity contribution in [2.45, 2.75) is 51.6 Å². The number of amides is 1. The van der Waals surface area contributed by atoms with Gasteiger partial charge in [-0.25, -0.2) is 0 Å². The van der Waals surface area contributed by atoms with E-state index in [0.717, 1.165) is 17.3 Å². The summed E-state index contributed by atoms with van der Waals surface area (Å²) in [4.78, 5) is 11.9. The van der Waals surface area contributed by atoms with Gasteiger partial charge < -0.3 is 9.73 Å². The summed E-state index contributed by atoms with van der Waals surface area (Å²) in [5.74, 6) is 2.71. The van der Waals surface area contributed by atoms with Crippen molar-refractivity contribution in [3.63, 3.8) is 0 Å². The van der Waals surface area contributed by atoms with E-state index in [1.807, 2.05) is 46.1 Å². The van der Waals surface area contributed by atoms with Crippen LogP contribution < -0.4 is 10.6 Å². The minimum Gasteiger partial charge on any atom is -0.464 e. The van der Waals surface area contributed by atoms with Gasteiger partial charge in [0.2, 0.25) is 5.91 Å². The molecule has 1 amide bonds. The Morgan fingerprint density at radius 3 is 2.58 bits per heavy atom. The van der Waals surface area contributed by atoms with Crippen LogP contribution in [-0.4, -0.2) is 23.7 Å². The summed E-state index contributed by atoms with van der Waals surface area (Å²) in [6.45, 7) is 8.33. The highest BCUT2D eigenvalue weighted by atomic mass is 32.2. The van der Waals surface area contributed by atoms with Gasteiger partial charge in [0.15, 0.2) is 0 Å². The normalized spacial score (nSPS) is 13.3. The third kappa shape index (κ3) is 6.16. The van der Waals surface area contributed by atoms with Crippen molar-refractivity contribution in [2.24, 2.45) is 0 Å². The number of hydrogen-bond acceptors (Lipinski definition) is 4. The molecule has 108 valence electrons. The lowest BCUT2D eigenvalue weighted by Gasteiger charge is -2.23. The topological polar surface area (TPSA) is 54.3 Å². The summed E-state index contributed by atoms with van der Waals surface area (Å²) < 4.78 is 5.64. The minimum atomic E-state index is -0.242. The van der Waals surface area contributed by atoms with Crippen molar-refractivity contribution < 1.29 is 9.21 Å². The molecule has 1 atom stereocenters. The van der Waals surface area contributed by atoms with Gasteiger partial charge in [-0.15, -0.1) is 0 Å². The van der Waals surface area contributed by atoms with Gasteiger partial charge in [0.05, 0.1) is 18.3 Å². The van der Waals surface area contributed by atoms with Crippen LogP contribution in [0.15, 0.2) is 16.5 Å². The molecule has 0 radical (unpaired) electrons. The largest absolute Gasteiger partial charge is 0.464 e. The lowest BCUT2D eigenvalue weighted by Crippen LogP contribution is -2.49. The highest BCUT2D eigenvalue weighted by molar-refractivity contribution is 7.97. The summed E-state index contributed by atoms with van der Waals surface area (Å²) in [5, 5.41) is 6.11. The van der Waals surface area contributed by atoms with Gasteiger partial charge in [-0.05, 0) is 46.1 Å². The van der Waals surface area contributed by atoms with E-state index in [2.05, 4.69) is 10.6 Å². The molecule has 2 N–H and O–H groups in total. The van der Waals surface area contributed by atoms with Gasteiger partial charge in [-0.2, -0.15) is 11.8 Å². The van der Waals surface area contributed by atoms with E-state index in [0.29, 0.717) is 6.54 Å². The molecule has 0 aliphatic carbocycles. The predicted octanol–water partition coefficient (Wildman–Crippen LogP) is 2.54. The fourth-order valence-electron chi connectivity index (χ4n) is 1.56. The van der Waals surface area contributed by atoms with Gasteiger partial charge in [-0.1, -0.05) is 0 Å². The van der Waals surface area contributed by atoms with Crippen LogP contribution in [-0.2, 0) is 17.1 Å². The van der Waals surface area contributed by atoms with Crippen LogP contribution in [0.25, 0.3) is 0 Å². The summed E-state index contributed by atoms with van der Waals surface area (Å²) in [6.07, 6.45) is 2.04. The molecule has 0 saturated carbocycles. The number of rotatable bonds is 6. The van der Waals surface area contributed by atoms with Crippen LogP contribution in [0.2, 0.25) is 0 Å². The monoisotopic (exact) mass is 284 g/mol. The second-order valence-electron chi connectivity index (χ2n) is 5.64. The van der Waals surface area contributed by atoms with E-state index < -0.39 is 0 Å². The van der Waals surface area contributed by atoms with E-state index in [1.54, 1.807) is 11.8 Å². The van der Waals surface area contributed by atoms with Crippen LogP contribution in [0, 0.1) is 0 Å². The Hall–Kier alpha value is -0.940. The van der Waals surface area contributed by atoms with Gasteiger partial charge in [0, 0.05) is 5.54 Å². The number of carbonyl (C=O) groups is 1. The number of thioether (sulfide) groups is 1. The zero-order chi connectivity index (χ0) is 14.5. The number of furan rings is 1. The molecule has 1 aromatic heterocycles. The molecule has 19 heavy (non-hydrogen) atoms. The van der Waals surface area contributed by atoms with E-state index in [1.165, 1.54) is 0 Å². The average Bonchev–Trinajstić information content (AvgIpc) is 2.72. The maximum absolute atomic E-state index is 11.9. The highest BCUT2D eigenvalue weighted by Crippen LogP contribution is 2.13. The number of nitrogens with one attached hydrogen (secondary N) is 2. The molecule has 1 heterocycles. The standard InChI is InChI=1S/C14H24N2O2S/c1-10(13(17)16-14(2,3)4)15-8-11-6-7-12(18-11)9-19-5/h6-7,10,15H,8-9H2,1-5H3,(H,16,17). The van der Waals surface area contributed by atoms with Gasteiger partial charge >= 0.3 is 0 Å². The summed E-state index contributed by atoms with van der Waals surface area (Å²) in [5.41, 5.74) is -0.205. The first-order valence-corrected chi connectivity index (χ1v) is 7.83. The quantitative estimate of drug-likeness (QED) is 0.843. The summed E-state index contributed by atoms with van der Waals surface area (Å²) in [7, 11) is 0. The molecule has 0 saturated heterocycles. The van der Waals surface area contributed by atoms with Crippen molar-refractivity contribution in [1.29, 1.82) is 0 Å². The minimum absolute atomic E-state index is 0.00314. The zero-order valence-electron chi connectivity index (χ0n) is 12.4. The highest BCUT2D eigenvalue weighted by Gasteiger charge is 2.18. The second-order valence-corrected chi connectivity index (χ2v) is 6.51. The Labute approximate surface area is 119 Å². The number of hydrogen-bond donors (Lipinski definition) is 2. The van der Waals surface area contributed by atoms with Crippen molar-refractivity contribution in [3.05, 3.63) is 23.7 Å². The predicted molar refractivity (Wildman–Crippen MR) is 80.1 cm³/mol. The Morgan fingerprint density at radius 1 is 1.37 bits per heavy atom. The van der Waals surface area contributed by atoms with Crippen molar-refractivity contribution in [3.8, 4) is 0 Å². The SMILES string of the molecule is CSCc1ccc(CNC(C)C(=O)NC(C)(C)C)o1. The third-order valence-corrected chi connectivity index (χ3v) is 3.05. The van der Waals surface area contributed by atoms with Crippen LogP contribution in [0.5, 0.6) is 0 Å². The number of carbonyl (C=O) groups excluding carboxylic acids is 1. The molecule has 0 aliphatic rings. The van der Waals surface area contributed by atoms with Gasteiger partial charge in [-0.3, -0.25) is 10.1 Å². The van der Waals surface area contributed by atoms with Crippen molar-refractivity contribution >= 4 is 17.7 Å². The fourth-order valence-corrected chi connectivity index (χ4v) is 2.00. The lowest BCUT2D eigenvalue weighted by atomic mass is 10.1. The molecule has 0 aliphatic heterocycles. The molecule has 0 spiro atoms. The van der Waals surface area contributed by atoms with E-state index in [4.69, 9.17) is 4.42 Å². The van der Waals surface area contributed by atoms with Crippen LogP contribution in [0.1, 0.15) is 39.2 Å². The smallest absolute Gasteiger partial charge is 0.237 e. The van der Waals surface area contributed by atoms with E-state index >= 15 is 0 Å². The average molecular weight is 284 g/mol. The molecular weight excluding hydrogens is 260 g/mol. The summed E-state index contributed by atoms with van der Waals surface area (Å²) in [6, 6.07) is 3.69. The maximum Gasteiger partial charge on any atom is 0.237 e. The Bertz CT molecular complexity index is 410. The summed E-state index contributed by atoms with van der Waals surface area (Å²) >= 11 is 1.73. The molecule has 4 nitrogen and oxygen atoms in total. The first-order valence-electron chi connectivity index (χ1n) is 6.44. The fraction of sp³-hybridized carbons (Fsp3) is 0.643. The molecule has 5 heteroatoms. The molecule has 1 aromatic rings. The third-order valence-electron chi connectivity index (χ3n) is 2.48. The zero-order valence-corrected chi connectivity index (χ0v) is 13.2. The molecule has 1 unspecified atom stereocenters. The van der Waals surface area contributed by atoms with Crippen molar-refractivity contribution in [2.75, 3.05) is 6.26 Å². The molecule has 1 rings (SSSR count). The molecule has 0 bridgehead atoms. The molecule has 0 aromatic carbocycles. The Morgan fingerprint density at radius 2 is 2.00 bits per heavy atom. The maximum atomic E-state index is 11.9. The second kappa shape index (κ2) is 7.01. The van der Waals surface area contributed by atoms with Crippen molar-refractivity contribution in [1.82, 2.24) is 10.6 Å². The van der Waals surface area contributed by atoms with Crippen LogP contribution in [0.4, 0.5) is 0 Å². The lowest BCUT2D eigenvalue weighted by molar-refractivity contribution is -0.124. The Kier molecular flexibility index (Phi) is 5.94. The molecular formula is C14H24N2O2S. The van der Waals surface area contributed by atoms with Crippen LogP contribution >= 0.6 is 11.8 Å². The van der Waals surface area contributed by atoms with Gasteiger partial charge in [0.1, 0.15) is 11.5 Å². The first-order chi connectivity index (χ1) is 8.81. The van der Waals surface area contributed by atoms with E-state index in [-0.39, 0.29) is 17.5 Å².